The highest BCUT2D eigenvalue weighted by atomic mass is 79.9. The summed E-state index contributed by atoms with van der Waals surface area (Å²) < 4.78 is 14.0. The Kier molecular flexibility index (Phi) is 5.06. The summed E-state index contributed by atoms with van der Waals surface area (Å²) in [5, 5.41) is 0. The Hall–Kier alpha value is -0.800. The van der Waals surface area contributed by atoms with Crippen molar-refractivity contribution in [3.63, 3.8) is 0 Å². The minimum absolute atomic E-state index is 0.201. The van der Waals surface area contributed by atoms with E-state index in [4.69, 9.17) is 0 Å². The number of benzene rings is 2. The van der Waals surface area contributed by atoms with Gasteiger partial charge in [0.1, 0.15) is 5.82 Å². The summed E-state index contributed by atoms with van der Waals surface area (Å²) in [7, 11) is 0. The monoisotopic (exact) mass is 338 g/mol. The largest absolute Gasteiger partial charge is 0.206 e. The average Bonchev–Trinajstić information content (AvgIpc) is 2.41. The van der Waals surface area contributed by atoms with Crippen molar-refractivity contribution in [3.05, 3.63) is 63.9 Å². The molecule has 0 aliphatic rings. The van der Waals surface area contributed by atoms with Crippen LogP contribution in [-0.4, -0.2) is 0 Å². The standard InChI is InChI=1S/C16H16BrFS/c1-11(2)12-6-8-14(9-7-12)19-10-13-4-3-5-15(18)16(13)17/h3-9,11H,10H2,1-2H3. The van der Waals surface area contributed by atoms with Gasteiger partial charge in [0, 0.05) is 10.6 Å². The van der Waals surface area contributed by atoms with Crippen molar-refractivity contribution in [1.82, 2.24) is 0 Å². The van der Waals surface area contributed by atoms with Crippen LogP contribution in [0.5, 0.6) is 0 Å². The highest BCUT2D eigenvalue weighted by Crippen LogP contribution is 2.29. The first-order valence-corrected chi connectivity index (χ1v) is 8.01. The van der Waals surface area contributed by atoms with Gasteiger partial charge in [0.2, 0.25) is 0 Å². The van der Waals surface area contributed by atoms with Gasteiger partial charge in [-0.25, -0.2) is 4.39 Å². The molecule has 0 radical (unpaired) electrons. The second-order valence-corrected chi connectivity index (χ2v) is 6.57. The Morgan fingerprint density at radius 1 is 1.11 bits per heavy atom. The minimum Gasteiger partial charge on any atom is -0.206 e. The quantitative estimate of drug-likeness (QED) is 0.615. The lowest BCUT2D eigenvalue weighted by molar-refractivity contribution is 0.619. The van der Waals surface area contributed by atoms with Gasteiger partial charge in [-0.15, -0.1) is 11.8 Å². The molecule has 0 fully saturated rings. The molecule has 0 aliphatic heterocycles. The number of hydrogen-bond acceptors (Lipinski definition) is 1. The fourth-order valence-electron chi connectivity index (χ4n) is 1.77. The molecule has 0 atom stereocenters. The number of thioether (sulfide) groups is 1. The van der Waals surface area contributed by atoms with Crippen LogP contribution >= 0.6 is 27.7 Å². The van der Waals surface area contributed by atoms with Gasteiger partial charge in [-0.2, -0.15) is 0 Å². The first-order chi connectivity index (χ1) is 9.08. The van der Waals surface area contributed by atoms with Gasteiger partial charge in [0.15, 0.2) is 0 Å². The normalized spacial score (nSPS) is 11.0. The SMILES string of the molecule is CC(C)c1ccc(SCc2cccc(F)c2Br)cc1. The van der Waals surface area contributed by atoms with E-state index in [0.29, 0.717) is 10.4 Å². The van der Waals surface area contributed by atoms with E-state index in [0.717, 1.165) is 11.3 Å². The fraction of sp³-hybridized carbons (Fsp3) is 0.250. The van der Waals surface area contributed by atoms with E-state index in [1.54, 1.807) is 17.8 Å². The van der Waals surface area contributed by atoms with E-state index < -0.39 is 0 Å². The third-order valence-corrected chi connectivity index (χ3v) is 4.92. The summed E-state index contributed by atoms with van der Waals surface area (Å²) in [6, 6.07) is 13.7. The molecule has 0 saturated heterocycles. The Labute approximate surface area is 126 Å². The maximum atomic E-state index is 13.4. The van der Waals surface area contributed by atoms with E-state index in [2.05, 4.69) is 54.0 Å². The van der Waals surface area contributed by atoms with Crippen LogP contribution in [0, 0.1) is 5.82 Å². The first kappa shape index (κ1) is 14.6. The van der Waals surface area contributed by atoms with E-state index in [9.17, 15) is 4.39 Å². The molecule has 0 saturated carbocycles. The maximum Gasteiger partial charge on any atom is 0.137 e. The zero-order valence-corrected chi connectivity index (χ0v) is 13.4. The summed E-state index contributed by atoms with van der Waals surface area (Å²) in [5.41, 5.74) is 2.33. The van der Waals surface area contributed by atoms with E-state index in [1.807, 2.05) is 6.07 Å². The molecule has 100 valence electrons. The lowest BCUT2D eigenvalue weighted by Crippen LogP contribution is -1.88. The van der Waals surface area contributed by atoms with Crippen molar-refractivity contribution in [2.75, 3.05) is 0 Å². The van der Waals surface area contributed by atoms with Gasteiger partial charge in [0.05, 0.1) is 4.47 Å². The molecule has 0 heterocycles. The molecular formula is C16H16BrFS. The number of rotatable bonds is 4. The van der Waals surface area contributed by atoms with Crippen LogP contribution < -0.4 is 0 Å². The van der Waals surface area contributed by atoms with E-state index >= 15 is 0 Å². The van der Waals surface area contributed by atoms with Crippen LogP contribution in [0.4, 0.5) is 4.39 Å². The molecule has 3 heteroatoms. The van der Waals surface area contributed by atoms with Gasteiger partial charge in [-0.3, -0.25) is 0 Å². The summed E-state index contributed by atoms with van der Waals surface area (Å²) in [6.07, 6.45) is 0. The summed E-state index contributed by atoms with van der Waals surface area (Å²) in [4.78, 5) is 1.21. The zero-order valence-electron chi connectivity index (χ0n) is 11.0. The van der Waals surface area contributed by atoms with Gasteiger partial charge < -0.3 is 0 Å². The van der Waals surface area contributed by atoms with Crippen LogP contribution in [-0.2, 0) is 5.75 Å². The molecule has 2 rings (SSSR count). The molecule has 0 N–H and O–H groups in total. The van der Waals surface area contributed by atoms with Crippen molar-refractivity contribution >= 4 is 27.7 Å². The molecule has 0 aliphatic carbocycles. The average molecular weight is 339 g/mol. The van der Waals surface area contributed by atoms with Crippen LogP contribution in [0.1, 0.15) is 30.9 Å². The van der Waals surface area contributed by atoms with E-state index in [-0.39, 0.29) is 5.82 Å². The molecule has 2 aromatic carbocycles. The minimum atomic E-state index is -0.201. The molecule has 0 amide bonds. The molecule has 0 unspecified atom stereocenters. The first-order valence-electron chi connectivity index (χ1n) is 6.23. The highest BCUT2D eigenvalue weighted by molar-refractivity contribution is 9.10. The van der Waals surface area contributed by atoms with Crippen molar-refractivity contribution < 1.29 is 4.39 Å². The van der Waals surface area contributed by atoms with Crippen LogP contribution in [0.3, 0.4) is 0 Å². The van der Waals surface area contributed by atoms with Gasteiger partial charge in [0.25, 0.3) is 0 Å². The molecular weight excluding hydrogens is 323 g/mol. The fourth-order valence-corrected chi connectivity index (χ4v) is 3.25. The zero-order chi connectivity index (χ0) is 13.8. The smallest absolute Gasteiger partial charge is 0.137 e. The van der Waals surface area contributed by atoms with Crippen LogP contribution in [0.2, 0.25) is 0 Å². The molecule has 0 bridgehead atoms. The van der Waals surface area contributed by atoms with Crippen molar-refractivity contribution in [2.45, 2.75) is 30.4 Å². The third kappa shape index (κ3) is 3.83. The van der Waals surface area contributed by atoms with E-state index in [1.165, 1.54) is 16.5 Å². The number of hydrogen-bond donors (Lipinski definition) is 0. The molecule has 0 spiro atoms. The lowest BCUT2D eigenvalue weighted by Gasteiger charge is -2.08. The summed E-state index contributed by atoms with van der Waals surface area (Å²) in [6.45, 7) is 4.37. The van der Waals surface area contributed by atoms with Crippen molar-refractivity contribution in [1.29, 1.82) is 0 Å². The van der Waals surface area contributed by atoms with Crippen LogP contribution in [0.15, 0.2) is 51.8 Å². The molecule has 0 nitrogen and oxygen atoms in total. The predicted octanol–water partition coefficient (Wildman–Crippen LogP) is 6.00. The van der Waals surface area contributed by atoms with Crippen molar-refractivity contribution in [2.24, 2.45) is 0 Å². The highest BCUT2D eigenvalue weighted by Gasteiger charge is 2.06. The Balaban J connectivity index is 2.04. The second kappa shape index (κ2) is 6.58. The van der Waals surface area contributed by atoms with Crippen LogP contribution in [0.25, 0.3) is 0 Å². The maximum absolute atomic E-state index is 13.4. The Morgan fingerprint density at radius 2 is 1.79 bits per heavy atom. The Morgan fingerprint density at radius 3 is 2.42 bits per heavy atom. The number of halogens is 2. The van der Waals surface area contributed by atoms with Crippen molar-refractivity contribution in [3.8, 4) is 0 Å². The molecule has 2 aromatic rings. The summed E-state index contributed by atoms with van der Waals surface area (Å²) >= 11 is 5.02. The van der Waals surface area contributed by atoms with Gasteiger partial charge in [-0.1, -0.05) is 38.1 Å². The Bertz CT molecular complexity index is 549. The third-order valence-electron chi connectivity index (χ3n) is 2.97. The topological polar surface area (TPSA) is 0 Å². The lowest BCUT2D eigenvalue weighted by atomic mass is 10.0. The summed E-state index contributed by atoms with van der Waals surface area (Å²) in [5.74, 6) is 1.11. The molecule has 0 aromatic heterocycles. The second-order valence-electron chi connectivity index (χ2n) is 4.73. The van der Waals surface area contributed by atoms with Gasteiger partial charge >= 0.3 is 0 Å². The predicted molar refractivity (Wildman–Crippen MR) is 84.2 cm³/mol. The van der Waals surface area contributed by atoms with Gasteiger partial charge in [-0.05, 0) is 51.2 Å². The molecule has 19 heavy (non-hydrogen) atoms.